The number of rotatable bonds is 40. The van der Waals surface area contributed by atoms with Gasteiger partial charge < -0.3 is 14.2 Å². The average molecular weight is 751 g/mol. The van der Waals surface area contributed by atoms with E-state index in [4.69, 9.17) is 14.2 Å². The van der Waals surface area contributed by atoms with Gasteiger partial charge in [-0.1, -0.05) is 208 Å². The first kappa shape index (κ1) is 51.4. The fourth-order valence-corrected chi connectivity index (χ4v) is 6.88. The van der Waals surface area contributed by atoms with Crippen LogP contribution < -0.4 is 0 Å². The minimum atomic E-state index is -0.762. The molecule has 0 aliphatic carbocycles. The van der Waals surface area contributed by atoms with Crippen molar-refractivity contribution in [2.75, 3.05) is 13.2 Å². The number of hydrogen-bond acceptors (Lipinski definition) is 6. The monoisotopic (exact) mass is 751 g/mol. The summed E-state index contributed by atoms with van der Waals surface area (Å²) in [5.41, 5.74) is 0. The van der Waals surface area contributed by atoms with Crippen molar-refractivity contribution in [2.45, 2.75) is 253 Å². The molecule has 1 atom stereocenters. The molecule has 6 nitrogen and oxygen atoms in total. The van der Waals surface area contributed by atoms with E-state index < -0.39 is 6.10 Å². The topological polar surface area (TPSA) is 78.9 Å². The van der Waals surface area contributed by atoms with E-state index in [1.165, 1.54) is 128 Å². The molecule has 314 valence electrons. The van der Waals surface area contributed by atoms with Gasteiger partial charge in [0.2, 0.25) is 0 Å². The number of carbonyl (C=O) groups is 3. The SMILES string of the molecule is CC(C)CCCCCCCCCCCCCCC(=O)OC[C@H](COC(=O)CCCCCCCCCC(C)C)OC(=O)CCCCCCCCCC(C)C. The molecule has 6 heteroatoms. The van der Waals surface area contributed by atoms with Crippen molar-refractivity contribution in [3.05, 3.63) is 0 Å². The Morgan fingerprint density at radius 2 is 0.547 bits per heavy atom. The Bertz CT molecular complexity index is 822. The van der Waals surface area contributed by atoms with Crippen molar-refractivity contribution in [3.8, 4) is 0 Å². The summed E-state index contributed by atoms with van der Waals surface area (Å²) in [6, 6.07) is 0. The van der Waals surface area contributed by atoms with E-state index in [1.807, 2.05) is 0 Å². The molecule has 0 aliphatic rings. The summed E-state index contributed by atoms with van der Waals surface area (Å²) in [5.74, 6) is 1.53. The van der Waals surface area contributed by atoms with Crippen LogP contribution in [-0.4, -0.2) is 37.2 Å². The Hall–Kier alpha value is -1.59. The second-order valence-corrected chi connectivity index (χ2v) is 17.5. The summed E-state index contributed by atoms with van der Waals surface area (Å²) in [6.07, 6.45) is 35.3. The van der Waals surface area contributed by atoms with Crippen molar-refractivity contribution >= 4 is 17.9 Å². The minimum Gasteiger partial charge on any atom is -0.462 e. The third-order valence-electron chi connectivity index (χ3n) is 10.4. The molecule has 0 aliphatic heterocycles. The molecule has 0 aromatic heterocycles. The predicted octanol–water partition coefficient (Wildman–Crippen LogP) is 14.4. The molecule has 0 fully saturated rings. The highest BCUT2D eigenvalue weighted by atomic mass is 16.6. The lowest BCUT2D eigenvalue weighted by atomic mass is 10.0. The molecule has 0 rings (SSSR count). The number of carbonyl (C=O) groups excluding carboxylic acids is 3. The van der Waals surface area contributed by atoms with Crippen LogP contribution in [0, 0.1) is 17.8 Å². The molecule has 53 heavy (non-hydrogen) atoms. The van der Waals surface area contributed by atoms with Gasteiger partial charge in [-0.3, -0.25) is 14.4 Å². The lowest BCUT2D eigenvalue weighted by molar-refractivity contribution is -0.167. The van der Waals surface area contributed by atoms with Gasteiger partial charge in [-0.05, 0) is 37.0 Å². The van der Waals surface area contributed by atoms with Gasteiger partial charge in [0.15, 0.2) is 6.10 Å². The first-order valence-corrected chi connectivity index (χ1v) is 23.1. The molecule has 0 unspecified atom stereocenters. The maximum atomic E-state index is 12.7. The standard InChI is InChI=1S/C47H90O6/c1-41(2)33-27-21-15-11-9-7-8-10-12-18-24-30-36-45(48)51-39-44(53-47(50)38-32-26-20-14-17-23-29-35-43(5)6)40-52-46(49)37-31-25-19-13-16-22-28-34-42(3)4/h41-44H,7-40H2,1-6H3/t44-/m1/s1. The number of hydrogen-bond donors (Lipinski definition) is 0. The molecular formula is C47H90O6. The molecule has 0 saturated heterocycles. The van der Waals surface area contributed by atoms with Crippen LogP contribution in [0.3, 0.4) is 0 Å². The highest BCUT2D eigenvalue weighted by Crippen LogP contribution is 2.17. The zero-order valence-corrected chi connectivity index (χ0v) is 36.3. The summed E-state index contributed by atoms with van der Waals surface area (Å²) in [7, 11) is 0. The zero-order chi connectivity index (χ0) is 39.2. The van der Waals surface area contributed by atoms with Crippen LogP contribution in [0.1, 0.15) is 247 Å². The Morgan fingerprint density at radius 1 is 0.321 bits per heavy atom. The molecule has 0 spiro atoms. The minimum absolute atomic E-state index is 0.0667. The van der Waals surface area contributed by atoms with Crippen molar-refractivity contribution in [3.63, 3.8) is 0 Å². The van der Waals surface area contributed by atoms with Crippen molar-refractivity contribution in [2.24, 2.45) is 17.8 Å². The maximum absolute atomic E-state index is 12.7. The number of esters is 3. The van der Waals surface area contributed by atoms with Crippen LogP contribution in [0.4, 0.5) is 0 Å². The number of ether oxygens (including phenoxy) is 3. The second-order valence-electron chi connectivity index (χ2n) is 17.5. The molecule has 0 radical (unpaired) electrons. The van der Waals surface area contributed by atoms with Gasteiger partial charge in [0.1, 0.15) is 13.2 Å². The van der Waals surface area contributed by atoms with Gasteiger partial charge in [0, 0.05) is 19.3 Å². The third-order valence-corrected chi connectivity index (χ3v) is 10.4. The van der Waals surface area contributed by atoms with E-state index in [-0.39, 0.29) is 31.1 Å². The van der Waals surface area contributed by atoms with E-state index in [2.05, 4.69) is 41.5 Å². The number of unbranched alkanes of at least 4 members (excludes halogenated alkanes) is 23. The normalized spacial score (nSPS) is 12.2. The van der Waals surface area contributed by atoms with Gasteiger partial charge in [-0.25, -0.2) is 0 Å². The first-order valence-electron chi connectivity index (χ1n) is 23.1. The Morgan fingerprint density at radius 3 is 0.811 bits per heavy atom. The van der Waals surface area contributed by atoms with E-state index >= 15 is 0 Å². The average Bonchev–Trinajstić information content (AvgIpc) is 3.11. The van der Waals surface area contributed by atoms with E-state index in [9.17, 15) is 14.4 Å². The molecule has 0 aromatic carbocycles. The van der Waals surface area contributed by atoms with Crippen molar-refractivity contribution < 1.29 is 28.6 Å². The molecule has 0 aromatic rings. The van der Waals surface area contributed by atoms with E-state index in [1.54, 1.807) is 0 Å². The van der Waals surface area contributed by atoms with Crippen LogP contribution >= 0.6 is 0 Å². The molecule has 0 saturated carbocycles. The van der Waals surface area contributed by atoms with Gasteiger partial charge in [-0.15, -0.1) is 0 Å². The zero-order valence-electron chi connectivity index (χ0n) is 36.3. The summed E-state index contributed by atoms with van der Waals surface area (Å²) >= 11 is 0. The van der Waals surface area contributed by atoms with Crippen LogP contribution in [0.15, 0.2) is 0 Å². The fraction of sp³-hybridized carbons (Fsp3) is 0.936. The molecule has 0 amide bonds. The fourth-order valence-electron chi connectivity index (χ4n) is 6.88. The molecule has 0 heterocycles. The lowest BCUT2D eigenvalue weighted by Crippen LogP contribution is -2.30. The van der Waals surface area contributed by atoms with Crippen LogP contribution in [0.25, 0.3) is 0 Å². The quantitative estimate of drug-likeness (QED) is 0.0352. The molecule has 0 N–H and O–H groups in total. The van der Waals surface area contributed by atoms with Gasteiger partial charge in [0.25, 0.3) is 0 Å². The maximum Gasteiger partial charge on any atom is 0.306 e. The first-order chi connectivity index (χ1) is 25.6. The predicted molar refractivity (Wildman–Crippen MR) is 224 cm³/mol. The summed E-state index contributed by atoms with van der Waals surface area (Å²) in [4.78, 5) is 37.7. The van der Waals surface area contributed by atoms with Crippen molar-refractivity contribution in [1.29, 1.82) is 0 Å². The van der Waals surface area contributed by atoms with Crippen LogP contribution in [0.2, 0.25) is 0 Å². The Kier molecular flexibility index (Phi) is 37.5. The Balaban J connectivity index is 4.30. The van der Waals surface area contributed by atoms with Gasteiger partial charge >= 0.3 is 17.9 Å². The largest absolute Gasteiger partial charge is 0.462 e. The molecule has 0 bridgehead atoms. The van der Waals surface area contributed by atoms with Gasteiger partial charge in [-0.2, -0.15) is 0 Å². The van der Waals surface area contributed by atoms with Crippen LogP contribution in [-0.2, 0) is 28.6 Å². The van der Waals surface area contributed by atoms with Gasteiger partial charge in [0.05, 0.1) is 0 Å². The van der Waals surface area contributed by atoms with E-state index in [0.717, 1.165) is 75.5 Å². The van der Waals surface area contributed by atoms with E-state index in [0.29, 0.717) is 19.3 Å². The summed E-state index contributed by atoms with van der Waals surface area (Å²) in [6.45, 7) is 13.6. The third kappa shape index (κ3) is 41.4. The van der Waals surface area contributed by atoms with Crippen molar-refractivity contribution in [1.82, 2.24) is 0 Å². The van der Waals surface area contributed by atoms with Crippen LogP contribution in [0.5, 0.6) is 0 Å². The highest BCUT2D eigenvalue weighted by Gasteiger charge is 2.19. The summed E-state index contributed by atoms with van der Waals surface area (Å²) < 4.78 is 16.7. The lowest BCUT2D eigenvalue weighted by Gasteiger charge is -2.18. The second kappa shape index (κ2) is 38.7. The molecular weight excluding hydrogens is 661 g/mol. The Labute approximate surface area is 329 Å². The highest BCUT2D eigenvalue weighted by molar-refractivity contribution is 5.71. The smallest absolute Gasteiger partial charge is 0.306 e. The summed E-state index contributed by atoms with van der Waals surface area (Å²) in [5, 5.41) is 0.